The van der Waals surface area contributed by atoms with Crippen molar-refractivity contribution >= 4 is 46.3 Å². The maximum absolute atomic E-state index is 13.9. The van der Waals surface area contributed by atoms with Gasteiger partial charge in [-0.2, -0.15) is 17.9 Å². The third kappa shape index (κ3) is 10.3. The van der Waals surface area contributed by atoms with Crippen LogP contribution in [0.3, 0.4) is 0 Å². The van der Waals surface area contributed by atoms with Crippen molar-refractivity contribution in [2.45, 2.75) is 44.4 Å². The number of hydrogen-bond acceptors (Lipinski definition) is 10. The molecule has 0 aliphatic carbocycles. The van der Waals surface area contributed by atoms with E-state index >= 15 is 0 Å². The van der Waals surface area contributed by atoms with Crippen molar-refractivity contribution in [3.63, 3.8) is 0 Å². The number of imidazole rings is 1. The Kier molecular flexibility index (Phi) is 13.4. The third-order valence-corrected chi connectivity index (χ3v) is 12.6. The number of alkyl halides is 3. The smallest absolute Gasteiger partial charge is 0.416 e. The van der Waals surface area contributed by atoms with E-state index in [-0.39, 0.29) is 61.6 Å². The lowest BCUT2D eigenvalue weighted by Crippen LogP contribution is -2.52. The lowest BCUT2D eigenvalue weighted by molar-refractivity contribution is -0.138. The number of amides is 4. The number of imide groups is 1. The van der Waals surface area contributed by atoms with E-state index in [1.807, 2.05) is 24.3 Å². The Balaban J connectivity index is 0.694. The van der Waals surface area contributed by atoms with E-state index in [2.05, 4.69) is 25.3 Å². The Labute approximate surface area is 391 Å². The molecule has 0 saturated carbocycles. The zero-order valence-corrected chi connectivity index (χ0v) is 37.3. The van der Waals surface area contributed by atoms with Gasteiger partial charge in [-0.1, -0.05) is 35.9 Å². The molecule has 20 heteroatoms. The van der Waals surface area contributed by atoms with Crippen molar-refractivity contribution in [3.05, 3.63) is 128 Å². The van der Waals surface area contributed by atoms with Gasteiger partial charge in [-0.25, -0.2) is 4.98 Å². The molecule has 2 fully saturated rings. The van der Waals surface area contributed by atoms with E-state index in [1.165, 1.54) is 21.7 Å². The van der Waals surface area contributed by atoms with Gasteiger partial charge in [0.25, 0.3) is 17.4 Å². The summed E-state index contributed by atoms with van der Waals surface area (Å²) in [5, 5.41) is 5.86. The number of benzene rings is 4. The van der Waals surface area contributed by atoms with Crippen molar-refractivity contribution in [3.8, 4) is 28.7 Å². The van der Waals surface area contributed by atoms with E-state index in [9.17, 15) is 37.1 Å². The molecular weight excluding hydrogens is 909 g/mol. The summed E-state index contributed by atoms with van der Waals surface area (Å²) in [4.78, 5) is 76.8. The summed E-state index contributed by atoms with van der Waals surface area (Å²) in [6.07, 6.45) is -3.30. The number of fused-ring (bicyclic) bond motifs is 2. The number of aromatic amines is 2. The Hall–Kier alpha value is -6.96. The van der Waals surface area contributed by atoms with Crippen LogP contribution in [0.25, 0.3) is 28.2 Å². The maximum Gasteiger partial charge on any atom is 0.416 e. The van der Waals surface area contributed by atoms with Crippen LogP contribution in [0.4, 0.5) is 13.2 Å². The molecule has 3 N–H and O–H groups in total. The van der Waals surface area contributed by atoms with Crippen molar-refractivity contribution < 1.29 is 46.6 Å². The quantitative estimate of drug-likeness (QED) is 0.0822. The molecule has 4 amide bonds. The van der Waals surface area contributed by atoms with Gasteiger partial charge in [0.05, 0.1) is 35.5 Å². The molecule has 0 radical (unpaired) electrons. The van der Waals surface area contributed by atoms with Crippen LogP contribution < -0.4 is 20.3 Å². The standard InChI is InChI=1S/C48H46ClF3N8O8/c49-33-8-14-38-39(26-33)54-47(53-38)60-46(65)37(43(56-60)30-4-6-32(7-5-30)48(50,51)52)12-3-29-1-9-34(10-2-29)67-24-23-66-22-21-57-17-19-58(20-18-57)42(62)28-68-35-11-13-36-31(25-35)27-59(45(36)64)40-15-16-41(61)55-44(40)63/h1-2,4-11,13-14,25-26,40,56H,3,12,15-24,27-28H2,(H,53,54)(H,55,61,63). The summed E-state index contributed by atoms with van der Waals surface area (Å²) in [7, 11) is 0. The molecule has 6 aromatic rings. The van der Waals surface area contributed by atoms with Crippen LogP contribution in [-0.4, -0.2) is 123 Å². The highest BCUT2D eigenvalue weighted by molar-refractivity contribution is 6.31. The fourth-order valence-corrected chi connectivity index (χ4v) is 8.80. The number of hydrogen-bond donors (Lipinski definition) is 3. The first kappa shape index (κ1) is 46.2. The van der Waals surface area contributed by atoms with E-state index in [0.29, 0.717) is 114 Å². The number of carbonyl (C=O) groups is 4. The summed E-state index contributed by atoms with van der Waals surface area (Å²) in [5.74, 6) is 0.0776. The highest BCUT2D eigenvalue weighted by atomic mass is 35.5. The molecule has 354 valence electrons. The lowest BCUT2D eigenvalue weighted by atomic mass is 10.0. The first-order valence-electron chi connectivity index (χ1n) is 22.1. The van der Waals surface area contributed by atoms with Gasteiger partial charge in [0.1, 0.15) is 24.1 Å². The summed E-state index contributed by atoms with van der Waals surface area (Å²) in [6.45, 7) is 4.40. The van der Waals surface area contributed by atoms with Crippen LogP contribution in [0.1, 0.15) is 45.5 Å². The van der Waals surface area contributed by atoms with Crippen molar-refractivity contribution in [1.29, 1.82) is 0 Å². The minimum atomic E-state index is -4.50. The fraction of sp³-hybridized carbons (Fsp3) is 0.333. The number of nitrogens with one attached hydrogen (secondary N) is 3. The molecule has 0 spiro atoms. The number of aromatic nitrogens is 4. The molecule has 68 heavy (non-hydrogen) atoms. The predicted molar refractivity (Wildman–Crippen MR) is 243 cm³/mol. The minimum absolute atomic E-state index is 0.143. The van der Waals surface area contributed by atoms with Crippen LogP contribution in [0.2, 0.25) is 5.02 Å². The van der Waals surface area contributed by atoms with E-state index in [0.717, 1.165) is 17.7 Å². The van der Waals surface area contributed by atoms with Crippen LogP contribution in [0.15, 0.2) is 89.7 Å². The molecule has 5 heterocycles. The van der Waals surface area contributed by atoms with Gasteiger partial charge in [0.15, 0.2) is 6.61 Å². The number of nitrogens with zero attached hydrogens (tertiary/aromatic N) is 5. The monoisotopic (exact) mass is 954 g/mol. The zero-order valence-electron chi connectivity index (χ0n) is 36.6. The predicted octanol–water partition coefficient (Wildman–Crippen LogP) is 5.55. The van der Waals surface area contributed by atoms with Crippen molar-refractivity contribution in [2.75, 3.05) is 59.2 Å². The van der Waals surface area contributed by atoms with Crippen LogP contribution in [-0.2, 0) is 44.7 Å². The van der Waals surface area contributed by atoms with Gasteiger partial charge in [0.2, 0.25) is 17.8 Å². The average Bonchev–Trinajstić information content (AvgIpc) is 4.00. The molecular formula is C48H46ClF3N8O8. The molecule has 2 saturated heterocycles. The largest absolute Gasteiger partial charge is 0.491 e. The zero-order chi connectivity index (χ0) is 47.5. The Morgan fingerprint density at radius 2 is 1.60 bits per heavy atom. The minimum Gasteiger partial charge on any atom is -0.491 e. The lowest BCUT2D eigenvalue weighted by Gasteiger charge is -2.34. The van der Waals surface area contributed by atoms with Crippen LogP contribution >= 0.6 is 11.6 Å². The van der Waals surface area contributed by atoms with Gasteiger partial charge in [-0.15, -0.1) is 0 Å². The molecule has 0 bridgehead atoms. The van der Waals surface area contributed by atoms with Gasteiger partial charge in [-0.3, -0.25) is 39.3 Å². The molecule has 16 nitrogen and oxygen atoms in total. The number of ether oxygens (including phenoxy) is 3. The SMILES string of the molecule is O=C1CCC(N2Cc3cc(OCC(=O)N4CCN(CCOCCOc5ccc(CCc6c(-c7ccc(C(F)(F)F)cc7)[nH]n(-c7nc8ccc(Cl)cc8[nH]7)c6=O)cc5)CC4)ccc3C2=O)C(=O)N1. The summed E-state index contributed by atoms with van der Waals surface area (Å²) >= 11 is 6.15. The fourth-order valence-electron chi connectivity index (χ4n) is 8.63. The Morgan fingerprint density at radius 3 is 2.35 bits per heavy atom. The van der Waals surface area contributed by atoms with Crippen molar-refractivity contribution in [2.24, 2.45) is 0 Å². The number of carbonyl (C=O) groups excluding carboxylic acids is 4. The highest BCUT2D eigenvalue weighted by Gasteiger charge is 2.39. The van der Waals surface area contributed by atoms with Gasteiger partial charge < -0.3 is 29.0 Å². The normalized spacial score (nSPS) is 16.6. The Bertz CT molecular complexity index is 2910. The summed E-state index contributed by atoms with van der Waals surface area (Å²) in [5.41, 5.74) is 3.31. The summed E-state index contributed by atoms with van der Waals surface area (Å²) in [6, 6.07) is 21.5. The second kappa shape index (κ2) is 19.7. The van der Waals surface area contributed by atoms with E-state index in [1.54, 1.807) is 41.3 Å². The second-order valence-corrected chi connectivity index (χ2v) is 17.2. The number of halogens is 4. The third-order valence-electron chi connectivity index (χ3n) is 12.3. The molecule has 2 aromatic heterocycles. The first-order valence-corrected chi connectivity index (χ1v) is 22.5. The number of aryl methyl sites for hydroxylation is 1. The number of H-pyrrole nitrogens is 2. The van der Waals surface area contributed by atoms with E-state index < -0.39 is 23.7 Å². The highest BCUT2D eigenvalue weighted by Crippen LogP contribution is 2.33. The molecule has 1 unspecified atom stereocenters. The average molecular weight is 955 g/mol. The topological polar surface area (TPSA) is 184 Å². The number of piperidine rings is 1. The van der Waals surface area contributed by atoms with Crippen LogP contribution in [0.5, 0.6) is 11.5 Å². The second-order valence-electron chi connectivity index (χ2n) is 16.7. The molecule has 9 rings (SSSR count). The first-order chi connectivity index (χ1) is 32.8. The molecule has 3 aliphatic rings. The van der Waals surface area contributed by atoms with Gasteiger partial charge in [-0.05, 0) is 96.6 Å². The molecule has 1 atom stereocenters. The Morgan fingerprint density at radius 1 is 0.838 bits per heavy atom. The number of piperazine rings is 1. The van der Waals surface area contributed by atoms with Crippen LogP contribution in [0, 0.1) is 0 Å². The maximum atomic E-state index is 13.9. The summed E-state index contributed by atoms with van der Waals surface area (Å²) < 4.78 is 58.9. The molecule has 3 aliphatic heterocycles. The van der Waals surface area contributed by atoms with Gasteiger partial charge in [0, 0.05) is 61.8 Å². The van der Waals surface area contributed by atoms with E-state index in [4.69, 9.17) is 25.8 Å². The number of rotatable bonds is 16. The molecule has 4 aromatic carbocycles. The van der Waals surface area contributed by atoms with Gasteiger partial charge >= 0.3 is 6.18 Å². The van der Waals surface area contributed by atoms with Crippen molar-refractivity contribution in [1.82, 2.24) is 39.8 Å².